The van der Waals surface area contributed by atoms with Gasteiger partial charge < -0.3 is 5.11 Å². The van der Waals surface area contributed by atoms with Crippen molar-refractivity contribution in [2.75, 3.05) is 6.61 Å². The van der Waals surface area contributed by atoms with Gasteiger partial charge in [-0.3, -0.25) is 4.68 Å². The summed E-state index contributed by atoms with van der Waals surface area (Å²) in [5, 5.41) is 12.9. The zero-order valence-electron chi connectivity index (χ0n) is 7.49. The van der Waals surface area contributed by atoms with Crippen molar-refractivity contribution < 1.29 is 5.11 Å². The van der Waals surface area contributed by atoms with E-state index in [1.165, 1.54) is 0 Å². The Kier molecular flexibility index (Phi) is 3.05. The van der Waals surface area contributed by atoms with E-state index in [4.69, 9.17) is 5.11 Å². The molecule has 0 bridgehead atoms. The van der Waals surface area contributed by atoms with Gasteiger partial charge in [0.2, 0.25) is 0 Å². The molecule has 3 nitrogen and oxygen atoms in total. The molecule has 0 aliphatic rings. The van der Waals surface area contributed by atoms with Gasteiger partial charge in [0.05, 0.1) is 12.8 Å². The Balaban J connectivity index is 2.78. The molecule has 0 saturated carbocycles. The summed E-state index contributed by atoms with van der Waals surface area (Å²) in [7, 11) is 1.88. The lowest BCUT2D eigenvalue weighted by Crippen LogP contribution is -1.87. The molecule has 12 heavy (non-hydrogen) atoms. The van der Waals surface area contributed by atoms with Gasteiger partial charge >= 0.3 is 0 Å². The summed E-state index contributed by atoms with van der Waals surface area (Å²) in [6.45, 7) is 2.16. The summed E-state index contributed by atoms with van der Waals surface area (Å²) in [6.07, 6.45) is 6.55. The number of aryl methyl sites for hydroxylation is 1. The van der Waals surface area contributed by atoms with Crippen molar-refractivity contribution in [3.05, 3.63) is 23.5 Å². The number of rotatable bonds is 3. The molecular formula is C9H14N2O. The van der Waals surface area contributed by atoms with Crippen LogP contribution in [0.1, 0.15) is 18.9 Å². The Morgan fingerprint density at radius 3 is 2.92 bits per heavy atom. The number of aliphatic hydroxyl groups excluding tert-OH is 1. The van der Waals surface area contributed by atoms with E-state index in [-0.39, 0.29) is 6.61 Å². The average molecular weight is 166 g/mol. The van der Waals surface area contributed by atoms with Crippen LogP contribution in [0.15, 0.2) is 18.0 Å². The normalized spacial score (nSPS) is 12.1. The van der Waals surface area contributed by atoms with Gasteiger partial charge in [0.15, 0.2) is 0 Å². The quantitative estimate of drug-likeness (QED) is 0.732. The first-order valence-corrected chi connectivity index (χ1v) is 4.05. The molecule has 0 aromatic carbocycles. The lowest BCUT2D eigenvalue weighted by molar-refractivity contribution is 0.329. The topological polar surface area (TPSA) is 38.0 Å². The van der Waals surface area contributed by atoms with Gasteiger partial charge in [0.25, 0.3) is 0 Å². The summed E-state index contributed by atoms with van der Waals surface area (Å²) in [5.41, 5.74) is 2.08. The maximum atomic E-state index is 8.90. The third-order valence-electron chi connectivity index (χ3n) is 1.75. The zero-order valence-corrected chi connectivity index (χ0v) is 7.49. The Hall–Kier alpha value is -1.09. The van der Waals surface area contributed by atoms with Crippen molar-refractivity contribution in [3.8, 4) is 0 Å². The van der Waals surface area contributed by atoms with Crippen molar-refractivity contribution in [3.63, 3.8) is 0 Å². The largest absolute Gasteiger partial charge is 0.392 e. The Morgan fingerprint density at radius 2 is 2.50 bits per heavy atom. The summed E-state index contributed by atoms with van der Waals surface area (Å²) < 4.78 is 1.75. The molecule has 0 radical (unpaired) electrons. The minimum Gasteiger partial charge on any atom is -0.392 e. The smallest absolute Gasteiger partial charge is 0.0644 e. The molecule has 1 rings (SSSR count). The summed E-state index contributed by atoms with van der Waals surface area (Å²) in [5.74, 6) is 0. The molecule has 1 heterocycles. The van der Waals surface area contributed by atoms with Gasteiger partial charge in [0, 0.05) is 18.8 Å². The number of hydrogen-bond acceptors (Lipinski definition) is 2. The average Bonchev–Trinajstić information content (AvgIpc) is 2.47. The summed E-state index contributed by atoms with van der Waals surface area (Å²) in [4.78, 5) is 0. The molecule has 0 saturated heterocycles. The maximum absolute atomic E-state index is 8.90. The van der Waals surface area contributed by atoms with E-state index in [0.717, 1.165) is 17.6 Å². The molecule has 0 spiro atoms. The van der Waals surface area contributed by atoms with Crippen LogP contribution >= 0.6 is 0 Å². The first-order valence-electron chi connectivity index (χ1n) is 4.05. The van der Waals surface area contributed by atoms with Gasteiger partial charge in [-0.2, -0.15) is 5.10 Å². The van der Waals surface area contributed by atoms with Crippen LogP contribution in [0, 0.1) is 0 Å². The first kappa shape index (κ1) is 9.00. The molecule has 0 unspecified atom stereocenters. The van der Waals surface area contributed by atoms with E-state index >= 15 is 0 Å². The third-order valence-corrected chi connectivity index (χ3v) is 1.75. The third kappa shape index (κ3) is 2.20. The van der Waals surface area contributed by atoms with E-state index in [1.54, 1.807) is 10.9 Å². The summed E-state index contributed by atoms with van der Waals surface area (Å²) >= 11 is 0. The fraction of sp³-hybridized carbons (Fsp3) is 0.444. The van der Waals surface area contributed by atoms with Gasteiger partial charge in [-0.25, -0.2) is 0 Å². The highest BCUT2D eigenvalue weighted by atomic mass is 16.3. The molecule has 0 atom stereocenters. The van der Waals surface area contributed by atoms with Crippen LogP contribution < -0.4 is 0 Å². The molecular weight excluding hydrogens is 152 g/mol. The lowest BCUT2D eigenvalue weighted by atomic mass is 10.1. The molecule has 1 aromatic heterocycles. The van der Waals surface area contributed by atoms with Crippen molar-refractivity contribution in [1.82, 2.24) is 9.78 Å². The van der Waals surface area contributed by atoms with Gasteiger partial charge in [-0.1, -0.05) is 13.0 Å². The van der Waals surface area contributed by atoms with E-state index < -0.39 is 0 Å². The molecule has 0 fully saturated rings. The van der Waals surface area contributed by atoms with Crippen LogP contribution in [-0.2, 0) is 7.05 Å². The minimum absolute atomic E-state index is 0.130. The zero-order chi connectivity index (χ0) is 8.97. The molecule has 1 aromatic rings. The fourth-order valence-electron chi connectivity index (χ4n) is 1.01. The second kappa shape index (κ2) is 4.07. The Bertz CT molecular complexity index is 270. The molecule has 0 aliphatic heterocycles. The first-order chi connectivity index (χ1) is 5.76. The van der Waals surface area contributed by atoms with Gasteiger partial charge in [0.1, 0.15) is 0 Å². The Morgan fingerprint density at radius 1 is 1.75 bits per heavy atom. The molecule has 1 N–H and O–H groups in total. The number of aliphatic hydroxyl groups is 1. The second-order valence-corrected chi connectivity index (χ2v) is 2.76. The van der Waals surface area contributed by atoms with Crippen LogP contribution in [0.4, 0.5) is 0 Å². The van der Waals surface area contributed by atoms with E-state index in [0.29, 0.717) is 0 Å². The molecule has 0 aliphatic carbocycles. The Labute approximate surface area is 72.3 Å². The number of hydrogen-bond donors (Lipinski definition) is 1. The van der Waals surface area contributed by atoms with E-state index in [1.807, 2.05) is 26.2 Å². The van der Waals surface area contributed by atoms with Crippen molar-refractivity contribution in [1.29, 1.82) is 0 Å². The monoisotopic (exact) mass is 166 g/mol. The maximum Gasteiger partial charge on any atom is 0.0644 e. The highest BCUT2D eigenvalue weighted by molar-refractivity contribution is 5.50. The highest BCUT2D eigenvalue weighted by Gasteiger charge is 1.94. The standard InChI is InChI=1S/C9H14N2O/c1-3-8(7-12)4-9-5-10-11(2)6-9/h4-6,12H,3,7H2,1-2H3. The molecule has 3 heteroatoms. The SMILES string of the molecule is CCC(=Cc1cnn(C)c1)CO. The van der Waals surface area contributed by atoms with Crippen LogP contribution in [0.2, 0.25) is 0 Å². The van der Waals surface area contributed by atoms with Crippen molar-refractivity contribution in [2.45, 2.75) is 13.3 Å². The predicted octanol–water partition coefficient (Wildman–Crippen LogP) is 1.21. The van der Waals surface area contributed by atoms with Crippen molar-refractivity contribution in [2.24, 2.45) is 7.05 Å². The van der Waals surface area contributed by atoms with Crippen LogP contribution in [0.5, 0.6) is 0 Å². The predicted molar refractivity (Wildman–Crippen MR) is 48.6 cm³/mol. The molecule has 0 amide bonds. The van der Waals surface area contributed by atoms with Crippen molar-refractivity contribution >= 4 is 6.08 Å². The van der Waals surface area contributed by atoms with Crippen LogP contribution in [0.25, 0.3) is 6.08 Å². The number of nitrogens with zero attached hydrogens (tertiary/aromatic N) is 2. The molecule has 66 valence electrons. The van der Waals surface area contributed by atoms with Gasteiger partial charge in [-0.15, -0.1) is 0 Å². The van der Waals surface area contributed by atoms with Crippen LogP contribution in [-0.4, -0.2) is 21.5 Å². The summed E-state index contributed by atoms with van der Waals surface area (Å²) in [6, 6.07) is 0. The highest BCUT2D eigenvalue weighted by Crippen LogP contribution is 2.07. The number of aromatic nitrogens is 2. The van der Waals surface area contributed by atoms with E-state index in [2.05, 4.69) is 5.10 Å². The second-order valence-electron chi connectivity index (χ2n) is 2.76. The van der Waals surface area contributed by atoms with E-state index in [9.17, 15) is 0 Å². The fourth-order valence-corrected chi connectivity index (χ4v) is 1.01. The lowest BCUT2D eigenvalue weighted by Gasteiger charge is -1.96. The van der Waals surface area contributed by atoms with Gasteiger partial charge in [-0.05, 0) is 12.0 Å². The van der Waals surface area contributed by atoms with Crippen LogP contribution in [0.3, 0.4) is 0 Å². The minimum atomic E-state index is 0.130.